The Bertz CT molecular complexity index is 716. The van der Waals surface area contributed by atoms with Crippen molar-refractivity contribution in [2.45, 2.75) is 0 Å². The maximum Gasteiger partial charge on any atom is 0.259 e. The smallest absolute Gasteiger partial charge is 0.259 e. The molecule has 0 atom stereocenters. The minimum absolute atomic E-state index is 0.0945. The minimum Gasteiger partial charge on any atom is -0.457 e. The molecule has 0 N–H and O–H groups in total. The Balaban J connectivity index is 1.74. The van der Waals surface area contributed by atoms with E-state index in [2.05, 4.69) is 5.10 Å². The van der Waals surface area contributed by atoms with Gasteiger partial charge in [0.25, 0.3) is 5.91 Å². The topological polar surface area (TPSA) is 41.9 Å². The van der Waals surface area contributed by atoms with E-state index in [0.717, 1.165) is 11.3 Å². The van der Waals surface area contributed by atoms with Crippen LogP contribution >= 0.6 is 24.0 Å². The third kappa shape index (κ3) is 3.52. The fraction of sp³-hybridized carbons (Fsp3) is 0.0625. The second-order valence-electron chi connectivity index (χ2n) is 4.49. The fourth-order valence-corrected chi connectivity index (χ4v) is 2.83. The van der Waals surface area contributed by atoms with Crippen molar-refractivity contribution in [1.29, 1.82) is 0 Å². The van der Waals surface area contributed by atoms with E-state index in [1.807, 2.05) is 54.6 Å². The van der Waals surface area contributed by atoms with Gasteiger partial charge >= 0.3 is 0 Å². The lowest BCUT2D eigenvalue weighted by molar-refractivity contribution is -0.123. The average Bonchev–Trinajstić information content (AvgIpc) is 2.85. The number of para-hydroxylation sites is 1. The number of hydrazone groups is 1. The zero-order chi connectivity index (χ0) is 15.4. The zero-order valence-corrected chi connectivity index (χ0v) is 13.1. The summed E-state index contributed by atoms with van der Waals surface area (Å²) in [7, 11) is 0. The van der Waals surface area contributed by atoms with Crippen LogP contribution < -0.4 is 4.74 Å². The van der Waals surface area contributed by atoms with Crippen LogP contribution in [-0.4, -0.2) is 27.2 Å². The number of thioether (sulfide) groups is 1. The number of ether oxygens (including phenoxy) is 1. The van der Waals surface area contributed by atoms with E-state index in [9.17, 15) is 4.79 Å². The molecule has 3 rings (SSSR count). The van der Waals surface area contributed by atoms with Gasteiger partial charge in [-0.25, -0.2) is 0 Å². The van der Waals surface area contributed by atoms with E-state index >= 15 is 0 Å². The first kappa shape index (κ1) is 14.7. The molecule has 0 aliphatic carbocycles. The first-order chi connectivity index (χ1) is 10.7. The molecule has 1 fully saturated rings. The van der Waals surface area contributed by atoms with Crippen LogP contribution in [0.2, 0.25) is 0 Å². The quantitative estimate of drug-likeness (QED) is 0.634. The van der Waals surface area contributed by atoms with Crippen molar-refractivity contribution in [1.82, 2.24) is 5.01 Å². The van der Waals surface area contributed by atoms with Crippen molar-refractivity contribution >= 4 is 40.4 Å². The Kier molecular flexibility index (Phi) is 4.50. The van der Waals surface area contributed by atoms with E-state index in [1.165, 1.54) is 16.8 Å². The lowest BCUT2D eigenvalue weighted by Crippen LogP contribution is -2.22. The number of benzene rings is 2. The molecule has 1 saturated heterocycles. The molecule has 0 bridgehead atoms. The van der Waals surface area contributed by atoms with Crippen LogP contribution in [0.4, 0.5) is 0 Å². The number of carbonyl (C=O) groups excluding carboxylic acids is 1. The molecule has 2 aromatic carbocycles. The Morgan fingerprint density at radius 2 is 1.91 bits per heavy atom. The highest BCUT2D eigenvalue weighted by Gasteiger charge is 2.25. The Morgan fingerprint density at radius 3 is 2.64 bits per heavy atom. The van der Waals surface area contributed by atoms with Crippen LogP contribution in [0.3, 0.4) is 0 Å². The summed E-state index contributed by atoms with van der Waals surface area (Å²) in [5, 5.41) is 5.40. The molecule has 0 spiro atoms. The summed E-state index contributed by atoms with van der Waals surface area (Å²) in [5.74, 6) is 1.74. The standard InChI is InChI=1S/C16H12N2O2S2/c19-15-11-22-16(21)18(15)17-10-12-5-4-8-14(9-12)20-13-6-2-1-3-7-13/h1-10H,11H2. The highest BCUT2D eigenvalue weighted by molar-refractivity contribution is 8.23. The van der Waals surface area contributed by atoms with Crippen LogP contribution in [0.25, 0.3) is 0 Å². The van der Waals surface area contributed by atoms with Gasteiger partial charge in [-0.1, -0.05) is 54.3 Å². The van der Waals surface area contributed by atoms with E-state index in [0.29, 0.717) is 15.8 Å². The number of nitrogens with zero attached hydrogens (tertiary/aromatic N) is 2. The predicted octanol–water partition coefficient (Wildman–Crippen LogP) is 3.67. The van der Waals surface area contributed by atoms with Gasteiger partial charge in [0, 0.05) is 0 Å². The molecule has 1 amide bonds. The highest BCUT2D eigenvalue weighted by atomic mass is 32.2. The number of carbonyl (C=O) groups is 1. The van der Waals surface area contributed by atoms with Gasteiger partial charge in [0.05, 0.1) is 12.0 Å². The molecule has 0 unspecified atom stereocenters. The molecule has 1 aliphatic rings. The third-order valence-electron chi connectivity index (χ3n) is 2.89. The number of thiocarbonyl (C=S) groups is 1. The summed E-state index contributed by atoms with van der Waals surface area (Å²) in [5.41, 5.74) is 0.834. The number of amides is 1. The number of hydrogen-bond donors (Lipinski definition) is 0. The van der Waals surface area contributed by atoms with Crippen LogP contribution in [0.1, 0.15) is 5.56 Å². The van der Waals surface area contributed by atoms with Gasteiger partial charge in [0.15, 0.2) is 4.32 Å². The summed E-state index contributed by atoms with van der Waals surface area (Å²) in [6.07, 6.45) is 1.61. The van der Waals surface area contributed by atoms with Crippen molar-refractivity contribution in [2.24, 2.45) is 5.10 Å². The SMILES string of the molecule is O=C1CSC(=S)N1N=Cc1cccc(Oc2ccccc2)c1. The number of hydrogen-bond acceptors (Lipinski definition) is 5. The molecular weight excluding hydrogens is 316 g/mol. The van der Waals surface area contributed by atoms with E-state index in [4.69, 9.17) is 17.0 Å². The molecule has 2 aromatic rings. The van der Waals surface area contributed by atoms with Crippen molar-refractivity contribution in [2.75, 3.05) is 5.75 Å². The van der Waals surface area contributed by atoms with E-state index < -0.39 is 0 Å². The summed E-state index contributed by atoms with van der Waals surface area (Å²) in [6, 6.07) is 17.0. The van der Waals surface area contributed by atoms with Crippen molar-refractivity contribution in [3.63, 3.8) is 0 Å². The molecule has 110 valence electrons. The van der Waals surface area contributed by atoms with Gasteiger partial charge in [-0.05, 0) is 29.8 Å². The molecule has 1 aliphatic heterocycles. The van der Waals surface area contributed by atoms with Gasteiger partial charge in [0.2, 0.25) is 0 Å². The fourth-order valence-electron chi connectivity index (χ4n) is 1.87. The highest BCUT2D eigenvalue weighted by Crippen LogP contribution is 2.22. The van der Waals surface area contributed by atoms with Crippen LogP contribution in [0.15, 0.2) is 59.7 Å². The maximum atomic E-state index is 11.6. The molecule has 4 nitrogen and oxygen atoms in total. The summed E-state index contributed by atoms with van der Waals surface area (Å²) >= 11 is 6.40. The van der Waals surface area contributed by atoms with Crippen molar-refractivity contribution < 1.29 is 9.53 Å². The molecular formula is C16H12N2O2S2. The molecule has 6 heteroatoms. The van der Waals surface area contributed by atoms with E-state index in [-0.39, 0.29) is 5.91 Å². The molecule has 0 saturated carbocycles. The second kappa shape index (κ2) is 6.72. The van der Waals surface area contributed by atoms with Crippen LogP contribution in [0.5, 0.6) is 11.5 Å². The van der Waals surface area contributed by atoms with E-state index in [1.54, 1.807) is 6.21 Å². The van der Waals surface area contributed by atoms with Crippen molar-refractivity contribution in [3.05, 3.63) is 60.2 Å². The third-order valence-corrected chi connectivity index (χ3v) is 4.23. The average molecular weight is 328 g/mol. The zero-order valence-electron chi connectivity index (χ0n) is 11.5. The Morgan fingerprint density at radius 1 is 1.14 bits per heavy atom. The van der Waals surface area contributed by atoms with Gasteiger partial charge in [-0.3, -0.25) is 4.79 Å². The van der Waals surface area contributed by atoms with Gasteiger partial charge in [-0.15, -0.1) is 0 Å². The van der Waals surface area contributed by atoms with Gasteiger partial charge in [0.1, 0.15) is 11.5 Å². The van der Waals surface area contributed by atoms with Gasteiger partial charge in [-0.2, -0.15) is 10.1 Å². The molecule has 22 heavy (non-hydrogen) atoms. The lowest BCUT2D eigenvalue weighted by Gasteiger charge is -2.07. The lowest BCUT2D eigenvalue weighted by atomic mass is 10.2. The number of rotatable bonds is 4. The van der Waals surface area contributed by atoms with Gasteiger partial charge < -0.3 is 4.74 Å². The second-order valence-corrected chi connectivity index (χ2v) is 6.10. The summed E-state index contributed by atoms with van der Waals surface area (Å²) < 4.78 is 6.25. The molecule has 0 aromatic heterocycles. The summed E-state index contributed by atoms with van der Waals surface area (Å²) in [6.45, 7) is 0. The largest absolute Gasteiger partial charge is 0.457 e. The van der Waals surface area contributed by atoms with Crippen molar-refractivity contribution in [3.8, 4) is 11.5 Å². The minimum atomic E-state index is -0.0945. The molecule has 1 heterocycles. The first-order valence-electron chi connectivity index (χ1n) is 6.59. The Hall–Kier alpha value is -2.18. The monoisotopic (exact) mass is 328 g/mol. The maximum absolute atomic E-state index is 11.6. The normalized spacial score (nSPS) is 14.8. The molecule has 0 radical (unpaired) electrons. The van der Waals surface area contributed by atoms with Crippen LogP contribution in [-0.2, 0) is 4.79 Å². The predicted molar refractivity (Wildman–Crippen MR) is 92.5 cm³/mol. The first-order valence-corrected chi connectivity index (χ1v) is 7.98. The Labute approximate surface area is 137 Å². The summed E-state index contributed by atoms with van der Waals surface area (Å²) in [4.78, 5) is 11.6. The van der Waals surface area contributed by atoms with Crippen LogP contribution in [0, 0.1) is 0 Å².